The fourth-order valence-corrected chi connectivity index (χ4v) is 1.74. The first-order valence-corrected chi connectivity index (χ1v) is 6.61. The molecular weight excluding hydrogens is 304 g/mol. The molecule has 0 unspecified atom stereocenters. The molecule has 0 bridgehead atoms. The van der Waals surface area contributed by atoms with Gasteiger partial charge in [0.15, 0.2) is 0 Å². The summed E-state index contributed by atoms with van der Waals surface area (Å²) in [6.07, 6.45) is 0.00923. The number of hydrogen-bond acceptors (Lipinski definition) is 5. The second-order valence-electron chi connectivity index (χ2n) is 4.58. The minimum absolute atomic E-state index is 0.168. The number of aromatic amines is 2. The predicted molar refractivity (Wildman–Crippen MR) is 80.7 cm³/mol. The van der Waals surface area contributed by atoms with Crippen molar-refractivity contribution < 1.29 is 14.7 Å². The summed E-state index contributed by atoms with van der Waals surface area (Å²) >= 11 is 0. The molecule has 120 valence electrons. The zero-order chi connectivity index (χ0) is 16.8. The van der Waals surface area contributed by atoms with Crippen molar-refractivity contribution in [1.29, 1.82) is 0 Å². The van der Waals surface area contributed by atoms with E-state index in [1.807, 2.05) is 4.98 Å². The molecule has 0 saturated carbocycles. The smallest absolute Gasteiger partial charge is 0.325 e. The van der Waals surface area contributed by atoms with Crippen molar-refractivity contribution in [3.8, 4) is 0 Å². The van der Waals surface area contributed by atoms with Crippen molar-refractivity contribution >= 4 is 17.5 Å². The number of carbonyl (C=O) groups excluding carboxylic acids is 2. The van der Waals surface area contributed by atoms with E-state index in [2.05, 4.69) is 15.6 Å². The molecule has 1 atom stereocenters. The molecule has 0 fully saturated rings. The van der Waals surface area contributed by atoms with Crippen LogP contribution in [0.5, 0.6) is 0 Å². The highest BCUT2D eigenvalue weighted by atomic mass is 16.3. The van der Waals surface area contributed by atoms with Crippen molar-refractivity contribution in [2.45, 2.75) is 6.10 Å². The Kier molecular flexibility index (Phi) is 5.05. The van der Waals surface area contributed by atoms with Gasteiger partial charge in [-0.15, -0.1) is 0 Å². The van der Waals surface area contributed by atoms with Crippen LogP contribution in [0.4, 0.5) is 5.69 Å². The van der Waals surface area contributed by atoms with Crippen LogP contribution in [0.25, 0.3) is 0 Å². The molecule has 9 nitrogen and oxygen atoms in total. The number of carbonyl (C=O) groups is 2. The molecule has 23 heavy (non-hydrogen) atoms. The summed E-state index contributed by atoms with van der Waals surface area (Å²) in [6, 6.07) is 8.60. The Balaban J connectivity index is 1.91. The van der Waals surface area contributed by atoms with Gasteiger partial charge in [-0.1, -0.05) is 30.3 Å². The fourth-order valence-electron chi connectivity index (χ4n) is 1.74. The first-order valence-electron chi connectivity index (χ1n) is 6.61. The molecule has 0 aliphatic heterocycles. The van der Waals surface area contributed by atoms with Gasteiger partial charge in [-0.2, -0.15) is 0 Å². The molecule has 1 aromatic carbocycles. The molecule has 9 heteroatoms. The van der Waals surface area contributed by atoms with Crippen LogP contribution in [-0.4, -0.2) is 33.4 Å². The van der Waals surface area contributed by atoms with Gasteiger partial charge in [0, 0.05) is 12.7 Å². The molecule has 5 N–H and O–H groups in total. The van der Waals surface area contributed by atoms with Crippen molar-refractivity contribution in [3.05, 3.63) is 62.9 Å². The summed E-state index contributed by atoms with van der Waals surface area (Å²) in [5.74, 6) is -2.12. The molecule has 0 radical (unpaired) electrons. The van der Waals surface area contributed by atoms with E-state index in [0.29, 0.717) is 5.56 Å². The van der Waals surface area contributed by atoms with Gasteiger partial charge >= 0.3 is 17.5 Å². The van der Waals surface area contributed by atoms with E-state index < -0.39 is 29.2 Å². The average molecular weight is 318 g/mol. The number of aromatic nitrogens is 2. The minimum Gasteiger partial charge on any atom is -0.387 e. The van der Waals surface area contributed by atoms with E-state index in [1.165, 1.54) is 0 Å². The number of aliphatic hydroxyl groups excluding tert-OH is 1. The van der Waals surface area contributed by atoms with Gasteiger partial charge in [0.1, 0.15) is 5.69 Å². The maximum Gasteiger partial charge on any atom is 0.325 e. The fraction of sp³-hybridized carbons (Fsp3) is 0.143. The lowest BCUT2D eigenvalue weighted by Crippen LogP contribution is -2.39. The number of H-pyrrole nitrogens is 2. The van der Waals surface area contributed by atoms with Crippen LogP contribution in [0.1, 0.15) is 11.7 Å². The molecule has 0 aliphatic rings. The Morgan fingerprint density at radius 1 is 1.13 bits per heavy atom. The van der Waals surface area contributed by atoms with E-state index in [-0.39, 0.29) is 12.2 Å². The zero-order valence-electron chi connectivity index (χ0n) is 11.8. The maximum absolute atomic E-state index is 11.6. The number of aliphatic hydroxyl groups is 1. The summed E-state index contributed by atoms with van der Waals surface area (Å²) in [5.41, 5.74) is -1.25. The molecular formula is C14H14N4O5. The van der Waals surface area contributed by atoms with Gasteiger partial charge in [-0.3, -0.25) is 19.4 Å². The molecule has 2 amide bonds. The van der Waals surface area contributed by atoms with E-state index in [9.17, 15) is 24.3 Å². The Morgan fingerprint density at radius 2 is 1.83 bits per heavy atom. The van der Waals surface area contributed by atoms with Crippen LogP contribution in [0, 0.1) is 0 Å². The minimum atomic E-state index is -1.09. The number of anilines is 1. The molecule has 0 spiro atoms. The van der Waals surface area contributed by atoms with Crippen LogP contribution in [0.3, 0.4) is 0 Å². The van der Waals surface area contributed by atoms with Crippen molar-refractivity contribution in [1.82, 2.24) is 15.3 Å². The standard InChI is InChI=1S/C14H14N4O5/c19-10(8-4-2-1-3-5-8)7-15-12(21)13(22)17-9-6-16-14(23)18-11(9)20/h1-6,10,19H,7H2,(H,15,21)(H,17,22)(H2,16,18,20,23)/t10-/m1/s1. The van der Waals surface area contributed by atoms with Crippen molar-refractivity contribution in [3.63, 3.8) is 0 Å². The zero-order valence-corrected chi connectivity index (χ0v) is 11.8. The highest BCUT2D eigenvalue weighted by Crippen LogP contribution is 2.10. The third-order valence-electron chi connectivity index (χ3n) is 2.91. The van der Waals surface area contributed by atoms with E-state index in [4.69, 9.17) is 0 Å². The summed E-state index contributed by atoms with van der Waals surface area (Å²) in [4.78, 5) is 49.6. The Morgan fingerprint density at radius 3 is 2.48 bits per heavy atom. The van der Waals surface area contributed by atoms with Gasteiger partial charge in [0.25, 0.3) is 5.56 Å². The largest absolute Gasteiger partial charge is 0.387 e. The first-order chi connectivity index (χ1) is 11.0. The van der Waals surface area contributed by atoms with Crippen LogP contribution in [0.15, 0.2) is 46.1 Å². The molecule has 0 saturated heterocycles. The number of amides is 2. The number of nitrogens with one attached hydrogen (secondary N) is 4. The Labute approximate surface area is 129 Å². The maximum atomic E-state index is 11.6. The van der Waals surface area contributed by atoms with Crippen LogP contribution in [0.2, 0.25) is 0 Å². The molecule has 1 heterocycles. The number of hydrogen-bond donors (Lipinski definition) is 5. The number of benzene rings is 1. The summed E-state index contributed by atoms with van der Waals surface area (Å²) in [6.45, 7) is -0.168. The van der Waals surface area contributed by atoms with Crippen LogP contribution >= 0.6 is 0 Å². The second-order valence-corrected chi connectivity index (χ2v) is 4.58. The van der Waals surface area contributed by atoms with Gasteiger partial charge < -0.3 is 20.7 Å². The predicted octanol–water partition coefficient (Wildman–Crippen LogP) is -1.15. The Bertz CT molecular complexity index is 812. The highest BCUT2D eigenvalue weighted by molar-refractivity contribution is 6.39. The van der Waals surface area contributed by atoms with Crippen molar-refractivity contribution in [2.75, 3.05) is 11.9 Å². The van der Waals surface area contributed by atoms with Crippen molar-refractivity contribution in [2.24, 2.45) is 0 Å². The SMILES string of the molecule is O=C(NC[C@@H](O)c1ccccc1)C(=O)Nc1c[nH]c(=O)[nH]c1=O. The monoisotopic (exact) mass is 318 g/mol. The summed E-state index contributed by atoms with van der Waals surface area (Å²) < 4.78 is 0. The third kappa shape index (κ3) is 4.38. The molecule has 1 aromatic heterocycles. The molecule has 2 aromatic rings. The average Bonchev–Trinajstić information content (AvgIpc) is 2.55. The van der Waals surface area contributed by atoms with Gasteiger partial charge in [0.05, 0.1) is 6.10 Å². The highest BCUT2D eigenvalue weighted by Gasteiger charge is 2.17. The summed E-state index contributed by atoms with van der Waals surface area (Å²) in [7, 11) is 0. The second kappa shape index (κ2) is 7.18. The normalized spacial score (nSPS) is 11.5. The lowest BCUT2D eigenvalue weighted by Gasteiger charge is -2.11. The topological polar surface area (TPSA) is 144 Å². The summed E-state index contributed by atoms with van der Waals surface area (Å²) in [5, 5.41) is 14.2. The van der Waals surface area contributed by atoms with Crippen LogP contribution < -0.4 is 21.9 Å². The molecule has 2 rings (SSSR count). The third-order valence-corrected chi connectivity index (χ3v) is 2.91. The van der Waals surface area contributed by atoms with Gasteiger partial charge in [0.2, 0.25) is 0 Å². The van der Waals surface area contributed by atoms with E-state index in [0.717, 1.165) is 6.20 Å². The first kappa shape index (κ1) is 16.2. The van der Waals surface area contributed by atoms with Crippen LogP contribution in [-0.2, 0) is 9.59 Å². The Hall–Kier alpha value is -3.20. The molecule has 0 aliphatic carbocycles. The van der Waals surface area contributed by atoms with Gasteiger partial charge in [-0.25, -0.2) is 4.79 Å². The van der Waals surface area contributed by atoms with Gasteiger partial charge in [-0.05, 0) is 5.56 Å². The lowest BCUT2D eigenvalue weighted by molar-refractivity contribution is -0.136. The number of rotatable bonds is 4. The lowest BCUT2D eigenvalue weighted by atomic mass is 10.1. The van der Waals surface area contributed by atoms with E-state index >= 15 is 0 Å². The quantitative estimate of drug-likeness (QED) is 0.452. The van der Waals surface area contributed by atoms with E-state index in [1.54, 1.807) is 30.3 Å².